The molecule has 1 aromatic heterocycles. The summed E-state index contributed by atoms with van der Waals surface area (Å²) >= 11 is 0.977. The van der Waals surface area contributed by atoms with Gasteiger partial charge in [-0.25, -0.2) is 18.8 Å². The zero-order valence-electron chi connectivity index (χ0n) is 24.6. The molecule has 1 N–H and O–H groups in total. The minimum absolute atomic E-state index is 0.0407. The summed E-state index contributed by atoms with van der Waals surface area (Å²) in [4.78, 5) is 16.6. The van der Waals surface area contributed by atoms with Gasteiger partial charge in [-0.1, -0.05) is 0 Å². The summed E-state index contributed by atoms with van der Waals surface area (Å²) < 4.78 is 77.7. The Bertz CT molecular complexity index is 1720. The molecule has 2 heterocycles. The van der Waals surface area contributed by atoms with E-state index in [4.69, 9.17) is 9.47 Å². The molecule has 2 aromatic carbocycles. The molecule has 238 valence electrons. The van der Waals surface area contributed by atoms with Gasteiger partial charge in [0.25, 0.3) is 0 Å². The van der Waals surface area contributed by atoms with Crippen LogP contribution in [0, 0.1) is 24.2 Å². The number of nitrogens with one attached hydrogen (secondary N) is 1. The van der Waals surface area contributed by atoms with Crippen LogP contribution in [0.1, 0.15) is 40.8 Å². The number of aromatic nitrogens is 1. The number of aryl methyl sites for hydroxylation is 1. The smallest absolute Gasteiger partial charge is 0.433 e. The van der Waals surface area contributed by atoms with Crippen LogP contribution < -0.4 is 14.9 Å². The molecule has 0 aliphatic carbocycles. The second-order valence-corrected chi connectivity index (χ2v) is 13.0. The molecule has 1 aliphatic heterocycles. The first kappa shape index (κ1) is 33.8. The van der Waals surface area contributed by atoms with E-state index in [1.807, 2.05) is 6.07 Å². The summed E-state index contributed by atoms with van der Waals surface area (Å²) in [6, 6.07) is 14.0. The van der Waals surface area contributed by atoms with Crippen molar-refractivity contribution >= 4 is 33.9 Å². The molecular formula is C30H30F3N5O5S2. The highest BCUT2D eigenvalue weighted by Gasteiger charge is 2.34. The summed E-state index contributed by atoms with van der Waals surface area (Å²) in [6.45, 7) is 1.80. The van der Waals surface area contributed by atoms with Gasteiger partial charge in [-0.15, -0.1) is 11.8 Å². The van der Waals surface area contributed by atoms with Crippen LogP contribution in [0.3, 0.4) is 0 Å². The fourth-order valence-electron chi connectivity index (χ4n) is 4.68. The first-order valence-corrected chi connectivity index (χ1v) is 16.1. The van der Waals surface area contributed by atoms with Crippen molar-refractivity contribution in [1.82, 2.24) is 14.7 Å². The first-order chi connectivity index (χ1) is 21.4. The number of carbonyl (C=O) groups is 1. The van der Waals surface area contributed by atoms with Crippen molar-refractivity contribution in [2.75, 3.05) is 27.3 Å². The van der Waals surface area contributed by atoms with Crippen LogP contribution in [-0.2, 0) is 26.7 Å². The van der Waals surface area contributed by atoms with Gasteiger partial charge in [-0.2, -0.15) is 27.8 Å². The largest absolute Gasteiger partial charge is 0.497 e. The maximum Gasteiger partial charge on any atom is 0.433 e. The van der Waals surface area contributed by atoms with E-state index < -0.39 is 27.8 Å². The Hall–Kier alpha value is -4.13. The van der Waals surface area contributed by atoms with Gasteiger partial charge in [0.2, 0.25) is 15.9 Å². The minimum Gasteiger partial charge on any atom is -0.497 e. The average molecular weight is 662 g/mol. The number of halogens is 3. The monoisotopic (exact) mass is 661 g/mol. The molecule has 45 heavy (non-hydrogen) atoms. The molecule has 0 spiro atoms. The van der Waals surface area contributed by atoms with Gasteiger partial charge in [-0.3, -0.25) is 4.79 Å². The molecule has 10 nitrogen and oxygen atoms in total. The van der Waals surface area contributed by atoms with Crippen molar-refractivity contribution in [3.63, 3.8) is 0 Å². The van der Waals surface area contributed by atoms with E-state index in [2.05, 4.69) is 15.5 Å². The van der Waals surface area contributed by atoms with Gasteiger partial charge in [0.15, 0.2) is 0 Å². The number of alkyl halides is 3. The minimum atomic E-state index is -4.65. The zero-order chi connectivity index (χ0) is 32.8. The number of nitriles is 1. The SMILES string of the molecule is COc1ccc(S(=O)(=O)N2CCC(C(=O)N/N=C/c3ccc(OC)c(CSc4nc(C(F)(F)F)cc(C)c4C#N)c3)CC2)cc1. The van der Waals surface area contributed by atoms with Crippen LogP contribution in [0.2, 0.25) is 0 Å². The molecule has 0 atom stereocenters. The number of pyridine rings is 1. The van der Waals surface area contributed by atoms with Gasteiger partial charge < -0.3 is 9.47 Å². The van der Waals surface area contributed by atoms with E-state index in [0.717, 1.165) is 17.8 Å². The third-order valence-corrected chi connectivity index (χ3v) is 10.1. The topological polar surface area (TPSA) is 134 Å². The Morgan fingerprint density at radius 2 is 1.84 bits per heavy atom. The number of rotatable bonds is 10. The molecule has 1 saturated heterocycles. The van der Waals surface area contributed by atoms with Crippen LogP contribution in [-0.4, -0.2) is 57.1 Å². The Kier molecular flexibility index (Phi) is 10.7. The summed E-state index contributed by atoms with van der Waals surface area (Å²) in [6.07, 6.45) is -2.58. The van der Waals surface area contributed by atoms with Crippen molar-refractivity contribution in [3.8, 4) is 17.6 Å². The lowest BCUT2D eigenvalue weighted by molar-refractivity contribution is -0.141. The van der Waals surface area contributed by atoms with Crippen molar-refractivity contribution in [3.05, 3.63) is 76.5 Å². The second-order valence-electron chi connectivity index (χ2n) is 10.1. The normalized spacial score (nSPS) is 14.7. The lowest BCUT2D eigenvalue weighted by Gasteiger charge is -2.30. The van der Waals surface area contributed by atoms with E-state index in [1.54, 1.807) is 30.3 Å². The molecule has 1 aliphatic rings. The predicted molar refractivity (Wildman–Crippen MR) is 161 cm³/mol. The lowest BCUT2D eigenvalue weighted by atomic mass is 9.98. The number of benzene rings is 2. The van der Waals surface area contributed by atoms with E-state index in [1.165, 1.54) is 43.8 Å². The number of amides is 1. The average Bonchev–Trinajstić information content (AvgIpc) is 3.03. The summed E-state index contributed by atoms with van der Waals surface area (Å²) in [5, 5.41) is 13.5. The lowest BCUT2D eigenvalue weighted by Crippen LogP contribution is -2.42. The van der Waals surface area contributed by atoms with E-state index >= 15 is 0 Å². The maximum atomic E-state index is 13.3. The van der Waals surface area contributed by atoms with Gasteiger partial charge in [0.1, 0.15) is 28.3 Å². The highest BCUT2D eigenvalue weighted by Crippen LogP contribution is 2.35. The summed E-state index contributed by atoms with van der Waals surface area (Å²) in [5.41, 5.74) is 2.87. The summed E-state index contributed by atoms with van der Waals surface area (Å²) in [7, 11) is -0.749. The molecule has 0 unspecified atom stereocenters. The van der Waals surface area contributed by atoms with Gasteiger partial charge in [0.05, 0.1) is 30.9 Å². The number of methoxy groups -OCH3 is 2. The van der Waals surface area contributed by atoms with Crippen molar-refractivity contribution in [2.45, 2.75) is 41.6 Å². The highest BCUT2D eigenvalue weighted by atomic mass is 32.2. The number of nitrogens with zero attached hydrogens (tertiary/aromatic N) is 4. The van der Waals surface area contributed by atoms with Crippen LogP contribution in [0.25, 0.3) is 0 Å². The number of piperidine rings is 1. The molecule has 0 radical (unpaired) electrons. The van der Waals surface area contributed by atoms with Crippen molar-refractivity contribution in [2.24, 2.45) is 11.0 Å². The second kappa shape index (κ2) is 14.3. The quantitative estimate of drug-likeness (QED) is 0.179. The number of thioether (sulfide) groups is 1. The Morgan fingerprint density at radius 3 is 2.44 bits per heavy atom. The molecule has 0 bridgehead atoms. The fourth-order valence-corrected chi connectivity index (χ4v) is 7.19. The molecular weight excluding hydrogens is 631 g/mol. The molecule has 0 saturated carbocycles. The number of carbonyl (C=O) groups excluding carboxylic acids is 1. The Labute approximate surface area is 263 Å². The number of hydrazone groups is 1. The van der Waals surface area contributed by atoms with E-state index in [9.17, 15) is 31.6 Å². The molecule has 1 fully saturated rings. The number of hydrogen-bond acceptors (Lipinski definition) is 9. The zero-order valence-corrected chi connectivity index (χ0v) is 26.2. The van der Waals surface area contributed by atoms with Gasteiger partial charge >= 0.3 is 6.18 Å². The summed E-state index contributed by atoms with van der Waals surface area (Å²) in [5.74, 6) is 0.406. The van der Waals surface area contributed by atoms with Crippen LogP contribution in [0.15, 0.2) is 63.6 Å². The van der Waals surface area contributed by atoms with Crippen molar-refractivity contribution in [1.29, 1.82) is 5.26 Å². The Morgan fingerprint density at radius 1 is 1.16 bits per heavy atom. The fraction of sp³-hybridized carbons (Fsp3) is 0.333. The maximum absolute atomic E-state index is 13.3. The first-order valence-electron chi connectivity index (χ1n) is 13.6. The number of hydrogen-bond donors (Lipinski definition) is 1. The molecule has 15 heteroatoms. The molecule has 3 aromatic rings. The number of ether oxygens (including phenoxy) is 2. The van der Waals surface area contributed by atoms with Crippen LogP contribution in [0.4, 0.5) is 13.2 Å². The van der Waals surface area contributed by atoms with E-state index in [0.29, 0.717) is 35.5 Å². The third-order valence-electron chi connectivity index (χ3n) is 7.16. The van der Waals surface area contributed by atoms with Gasteiger partial charge in [-0.05, 0) is 79.4 Å². The third kappa shape index (κ3) is 8.13. The highest BCUT2D eigenvalue weighted by molar-refractivity contribution is 7.98. The van der Waals surface area contributed by atoms with Gasteiger partial charge in [0, 0.05) is 30.3 Å². The number of sulfonamides is 1. The van der Waals surface area contributed by atoms with Crippen LogP contribution >= 0.6 is 11.8 Å². The van der Waals surface area contributed by atoms with Crippen LogP contribution in [0.5, 0.6) is 11.5 Å². The predicted octanol–water partition coefficient (Wildman–Crippen LogP) is 5.14. The van der Waals surface area contributed by atoms with E-state index in [-0.39, 0.29) is 45.8 Å². The Balaban J connectivity index is 1.37. The standard InChI is InChI=1S/C30H30F3N5O5S2/c1-19-14-27(30(31,32)33)36-29(25(19)16-34)44-18-22-15-20(4-9-26(22)43-3)17-35-37-28(39)21-10-12-38(13-11-21)45(40,41)24-7-5-23(42-2)6-8-24/h4-9,14-15,17,21H,10-13,18H2,1-3H3,(H,37,39)/b35-17+. The molecule has 1 amide bonds. The molecule has 4 rings (SSSR count). The van der Waals surface area contributed by atoms with Crippen molar-refractivity contribution < 1.29 is 35.9 Å².